The number of amidine groups is 1. The Morgan fingerprint density at radius 1 is 1.10 bits per heavy atom. The Kier molecular flexibility index (Phi) is 7.41. The van der Waals surface area contributed by atoms with Crippen LogP contribution in [-0.2, 0) is 4.79 Å². The molecule has 0 saturated carbocycles. The summed E-state index contributed by atoms with van der Waals surface area (Å²) in [5, 5.41) is 0.257. The summed E-state index contributed by atoms with van der Waals surface area (Å²) in [6, 6.07) is 13.6. The molecule has 158 valence electrons. The summed E-state index contributed by atoms with van der Waals surface area (Å²) in [6.07, 6.45) is 2.84. The molecule has 0 bridgehead atoms. The van der Waals surface area contributed by atoms with Gasteiger partial charge in [-0.15, -0.1) is 0 Å². The van der Waals surface area contributed by atoms with Crippen molar-refractivity contribution in [3.63, 3.8) is 0 Å². The fourth-order valence-corrected chi connectivity index (χ4v) is 3.59. The van der Waals surface area contributed by atoms with Crippen LogP contribution in [0, 0.1) is 0 Å². The maximum atomic E-state index is 11.7. The molecule has 30 heavy (non-hydrogen) atoms. The number of hydrogen-bond acceptors (Lipinski definition) is 6. The fraction of sp³-hybridized carbons (Fsp3) is 0.304. The van der Waals surface area contributed by atoms with E-state index in [4.69, 9.17) is 19.9 Å². The number of amides is 1. The lowest BCUT2D eigenvalue weighted by Gasteiger charge is -2.13. The molecule has 0 spiro atoms. The number of nitrogens with two attached hydrogens (primary N) is 1. The molecule has 0 aliphatic carbocycles. The van der Waals surface area contributed by atoms with Crippen molar-refractivity contribution < 1.29 is 19.0 Å². The standard InChI is InChI=1S/C23H26N2O4S/c1-4-15(2)17-6-8-18(9-7-17)28-11-12-29-19-10-5-16(13-20(19)27-3)14-21-22(26)25-23(24)30-21/h5-10,13-15H,4,11-12H2,1-3H3,(H2,24,25,26)/b21-14+. The van der Waals surface area contributed by atoms with Gasteiger partial charge in [-0.05, 0) is 65.6 Å². The molecule has 3 rings (SSSR count). The Morgan fingerprint density at radius 2 is 1.83 bits per heavy atom. The average Bonchev–Trinajstić information content (AvgIpc) is 3.08. The molecule has 1 atom stereocenters. The maximum absolute atomic E-state index is 11.7. The lowest BCUT2D eigenvalue weighted by atomic mass is 9.99. The highest BCUT2D eigenvalue weighted by Crippen LogP contribution is 2.31. The van der Waals surface area contributed by atoms with Crippen molar-refractivity contribution in [3.05, 3.63) is 58.5 Å². The minimum atomic E-state index is -0.328. The smallest absolute Gasteiger partial charge is 0.286 e. The van der Waals surface area contributed by atoms with Crippen LogP contribution in [-0.4, -0.2) is 31.4 Å². The summed E-state index contributed by atoms with van der Waals surface area (Å²) in [5.74, 6) is 2.22. The van der Waals surface area contributed by atoms with Gasteiger partial charge < -0.3 is 19.9 Å². The van der Waals surface area contributed by atoms with Crippen LogP contribution >= 0.6 is 11.8 Å². The van der Waals surface area contributed by atoms with Gasteiger partial charge in [-0.3, -0.25) is 4.79 Å². The summed E-state index contributed by atoms with van der Waals surface area (Å²) >= 11 is 1.16. The number of benzene rings is 2. The molecule has 2 aromatic carbocycles. The molecule has 0 saturated heterocycles. The van der Waals surface area contributed by atoms with Gasteiger partial charge in [0.15, 0.2) is 16.7 Å². The molecule has 2 N–H and O–H groups in total. The molecule has 7 heteroatoms. The van der Waals surface area contributed by atoms with E-state index in [1.165, 1.54) is 5.56 Å². The molecule has 0 aromatic heterocycles. The molecule has 1 unspecified atom stereocenters. The topological polar surface area (TPSA) is 83.1 Å². The summed E-state index contributed by atoms with van der Waals surface area (Å²) in [7, 11) is 1.57. The molecule has 1 amide bonds. The maximum Gasteiger partial charge on any atom is 0.286 e. The molecule has 1 aliphatic heterocycles. The predicted octanol–water partition coefficient (Wildman–Crippen LogP) is 4.60. The zero-order valence-corrected chi connectivity index (χ0v) is 18.2. The zero-order chi connectivity index (χ0) is 21.5. The van der Waals surface area contributed by atoms with E-state index in [2.05, 4.69) is 31.0 Å². The van der Waals surface area contributed by atoms with Gasteiger partial charge in [-0.25, -0.2) is 0 Å². The second-order valence-corrected chi connectivity index (χ2v) is 7.91. The van der Waals surface area contributed by atoms with E-state index in [-0.39, 0.29) is 11.1 Å². The van der Waals surface area contributed by atoms with Gasteiger partial charge in [-0.1, -0.05) is 32.0 Å². The molecule has 2 aromatic rings. The summed E-state index contributed by atoms with van der Waals surface area (Å²) < 4.78 is 17.0. The first-order valence-electron chi connectivity index (χ1n) is 9.81. The first kappa shape index (κ1) is 21.8. The summed E-state index contributed by atoms with van der Waals surface area (Å²) in [5.41, 5.74) is 7.70. The number of rotatable bonds is 9. The second-order valence-electron chi connectivity index (χ2n) is 6.85. The monoisotopic (exact) mass is 426 g/mol. The first-order valence-corrected chi connectivity index (χ1v) is 10.6. The number of carbonyl (C=O) groups is 1. The van der Waals surface area contributed by atoms with Gasteiger partial charge in [0.2, 0.25) is 0 Å². The van der Waals surface area contributed by atoms with Crippen LogP contribution in [0.5, 0.6) is 17.2 Å². The van der Waals surface area contributed by atoms with Crippen LogP contribution in [0.1, 0.15) is 37.3 Å². The molecule has 0 radical (unpaired) electrons. The van der Waals surface area contributed by atoms with Crippen LogP contribution in [0.2, 0.25) is 0 Å². The van der Waals surface area contributed by atoms with E-state index in [0.29, 0.717) is 35.5 Å². The van der Waals surface area contributed by atoms with E-state index < -0.39 is 0 Å². The van der Waals surface area contributed by atoms with E-state index in [1.54, 1.807) is 25.3 Å². The number of nitrogens with zero attached hydrogens (tertiary/aromatic N) is 1. The van der Waals surface area contributed by atoms with Crippen LogP contribution in [0.25, 0.3) is 6.08 Å². The van der Waals surface area contributed by atoms with Crippen molar-refractivity contribution in [2.24, 2.45) is 10.7 Å². The van der Waals surface area contributed by atoms with Gasteiger partial charge in [-0.2, -0.15) is 4.99 Å². The number of hydrogen-bond donors (Lipinski definition) is 1. The van der Waals surface area contributed by atoms with Gasteiger partial charge in [0.1, 0.15) is 19.0 Å². The summed E-state index contributed by atoms with van der Waals surface area (Å²) in [6.45, 7) is 5.19. The Balaban J connectivity index is 1.54. The van der Waals surface area contributed by atoms with Crippen LogP contribution in [0.3, 0.4) is 0 Å². The first-order chi connectivity index (χ1) is 14.5. The molecule has 6 nitrogen and oxygen atoms in total. The fourth-order valence-electron chi connectivity index (χ4n) is 2.91. The molecule has 1 heterocycles. The van der Waals surface area contributed by atoms with E-state index >= 15 is 0 Å². The third-order valence-corrected chi connectivity index (χ3v) is 5.61. The SMILES string of the molecule is CCC(C)c1ccc(OCCOc2ccc(/C=C3/SC(N)=NC3=O)cc2OC)cc1. The highest BCUT2D eigenvalue weighted by Gasteiger charge is 2.19. The lowest BCUT2D eigenvalue weighted by molar-refractivity contribution is -0.113. The Labute approximate surface area is 181 Å². The second kappa shape index (κ2) is 10.2. The van der Waals surface area contributed by atoms with Gasteiger partial charge in [0.05, 0.1) is 12.0 Å². The van der Waals surface area contributed by atoms with E-state index in [1.807, 2.05) is 18.2 Å². The number of methoxy groups -OCH3 is 1. The minimum absolute atomic E-state index is 0.257. The Morgan fingerprint density at radius 3 is 2.47 bits per heavy atom. The van der Waals surface area contributed by atoms with Crippen molar-refractivity contribution in [2.45, 2.75) is 26.2 Å². The Bertz CT molecular complexity index is 954. The van der Waals surface area contributed by atoms with E-state index in [9.17, 15) is 4.79 Å². The molecule has 1 aliphatic rings. The lowest BCUT2D eigenvalue weighted by Crippen LogP contribution is -2.09. The van der Waals surface area contributed by atoms with Gasteiger partial charge >= 0.3 is 0 Å². The number of ether oxygens (including phenoxy) is 3. The van der Waals surface area contributed by atoms with Crippen LogP contribution < -0.4 is 19.9 Å². The minimum Gasteiger partial charge on any atom is -0.493 e. The number of thioether (sulfide) groups is 1. The quantitative estimate of drug-likeness (QED) is 0.466. The Hall–Kier alpha value is -2.93. The zero-order valence-electron chi connectivity index (χ0n) is 17.4. The van der Waals surface area contributed by atoms with Crippen LogP contribution in [0.15, 0.2) is 52.4 Å². The highest BCUT2D eigenvalue weighted by atomic mass is 32.2. The predicted molar refractivity (Wildman–Crippen MR) is 121 cm³/mol. The number of aliphatic imine (C=N–C) groups is 1. The van der Waals surface area contributed by atoms with Gasteiger partial charge in [0, 0.05) is 0 Å². The van der Waals surface area contributed by atoms with Gasteiger partial charge in [0.25, 0.3) is 5.91 Å². The third-order valence-electron chi connectivity index (χ3n) is 4.79. The van der Waals surface area contributed by atoms with Crippen molar-refractivity contribution >= 4 is 28.9 Å². The van der Waals surface area contributed by atoms with E-state index in [0.717, 1.165) is 29.5 Å². The third kappa shape index (κ3) is 5.57. The molecule has 0 fully saturated rings. The normalized spacial score (nSPS) is 15.8. The molecular weight excluding hydrogens is 400 g/mol. The van der Waals surface area contributed by atoms with Crippen molar-refractivity contribution in [1.29, 1.82) is 0 Å². The highest BCUT2D eigenvalue weighted by molar-refractivity contribution is 8.18. The van der Waals surface area contributed by atoms with Crippen molar-refractivity contribution in [1.82, 2.24) is 0 Å². The average molecular weight is 427 g/mol. The molecular formula is C23H26N2O4S. The van der Waals surface area contributed by atoms with Crippen molar-refractivity contribution in [3.8, 4) is 17.2 Å². The largest absolute Gasteiger partial charge is 0.493 e. The number of carbonyl (C=O) groups excluding carboxylic acids is 1. The summed E-state index contributed by atoms with van der Waals surface area (Å²) in [4.78, 5) is 15.9. The van der Waals surface area contributed by atoms with Crippen LogP contribution in [0.4, 0.5) is 0 Å². The van der Waals surface area contributed by atoms with Crippen molar-refractivity contribution in [2.75, 3.05) is 20.3 Å².